The lowest BCUT2D eigenvalue weighted by Crippen LogP contribution is -2.30. The summed E-state index contributed by atoms with van der Waals surface area (Å²) in [6, 6.07) is 9.77. The number of carbonyl (C=O) groups is 2. The van der Waals surface area contributed by atoms with Crippen LogP contribution in [0.25, 0.3) is 0 Å². The summed E-state index contributed by atoms with van der Waals surface area (Å²) in [6.45, 7) is 13.0. The minimum atomic E-state index is -0.608. The Labute approximate surface area is 225 Å². The third kappa shape index (κ3) is 11.3. The van der Waals surface area contributed by atoms with Crippen LogP contribution >= 0.6 is 0 Å². The molecule has 2 aromatic carbocycles. The molecule has 0 unspecified atom stereocenters. The monoisotopic (exact) mass is 530 g/mol. The van der Waals surface area contributed by atoms with Crippen molar-refractivity contribution in [1.29, 1.82) is 0 Å². The van der Waals surface area contributed by atoms with Crippen LogP contribution in [0.5, 0.6) is 11.5 Å². The number of phenols is 2. The van der Waals surface area contributed by atoms with Gasteiger partial charge in [0.05, 0.1) is 0 Å². The number of rotatable bonds is 9. The molecule has 0 atom stereocenters. The molecule has 38 heavy (non-hydrogen) atoms. The van der Waals surface area contributed by atoms with Crippen LogP contribution in [0.4, 0.5) is 21.0 Å². The second-order valence-electron chi connectivity index (χ2n) is 11.4. The average Bonchev–Trinajstić information content (AvgIpc) is 2.74. The van der Waals surface area contributed by atoms with Gasteiger partial charge in [0.2, 0.25) is 0 Å². The van der Waals surface area contributed by atoms with Gasteiger partial charge in [-0.2, -0.15) is 0 Å². The van der Waals surface area contributed by atoms with Gasteiger partial charge in [0.25, 0.3) is 0 Å². The lowest BCUT2D eigenvalue weighted by atomic mass is 10.1. The Morgan fingerprint density at radius 1 is 0.711 bits per heavy atom. The molecule has 0 saturated heterocycles. The first-order chi connectivity index (χ1) is 17.5. The molecule has 0 heterocycles. The first-order valence-electron chi connectivity index (χ1n) is 12.5. The highest BCUT2D eigenvalue weighted by atomic mass is 16.6. The van der Waals surface area contributed by atoms with E-state index in [2.05, 4.69) is 10.6 Å². The van der Waals surface area contributed by atoms with E-state index in [0.717, 1.165) is 0 Å². The Balaban J connectivity index is 1.92. The SMILES string of the molecule is CN(CCN(C)Cc1cc(NC(=O)OC(C)(C)C)ccc1O)Cc1cc(NC(=O)OC(C)(C)C)ccc1O. The smallest absolute Gasteiger partial charge is 0.412 e. The van der Waals surface area contributed by atoms with Gasteiger partial charge in [-0.25, -0.2) is 9.59 Å². The van der Waals surface area contributed by atoms with Crippen molar-refractivity contribution in [3.05, 3.63) is 47.5 Å². The number of benzene rings is 2. The van der Waals surface area contributed by atoms with E-state index in [1.54, 1.807) is 77.9 Å². The standard InChI is InChI=1S/C28H42N4O6/c1-27(2,3)37-25(35)29-21-9-11-23(33)19(15-21)17-31(7)13-14-32(8)18-20-16-22(10-12-24(20)34)30-26(36)38-28(4,5)6/h9-12,15-16,33-34H,13-14,17-18H2,1-8H3,(H,29,35)(H,30,36). The third-order valence-electron chi connectivity index (χ3n) is 5.19. The average molecular weight is 531 g/mol. The predicted octanol–water partition coefficient (Wildman–Crippen LogP) is 5.36. The maximum absolute atomic E-state index is 12.1. The number of amides is 2. The highest BCUT2D eigenvalue weighted by Crippen LogP contribution is 2.25. The van der Waals surface area contributed by atoms with Crippen molar-refractivity contribution in [2.75, 3.05) is 37.8 Å². The molecule has 0 saturated carbocycles. The lowest BCUT2D eigenvalue weighted by molar-refractivity contribution is 0.0624. The zero-order chi connectivity index (χ0) is 28.7. The molecule has 0 fully saturated rings. The fourth-order valence-corrected chi connectivity index (χ4v) is 3.50. The number of aromatic hydroxyl groups is 2. The van der Waals surface area contributed by atoms with Crippen LogP contribution in [0.1, 0.15) is 52.7 Å². The molecule has 210 valence electrons. The second kappa shape index (κ2) is 12.8. The van der Waals surface area contributed by atoms with Gasteiger partial charge < -0.3 is 29.5 Å². The number of ether oxygens (including phenoxy) is 2. The molecule has 4 N–H and O–H groups in total. The van der Waals surface area contributed by atoms with Gasteiger partial charge in [-0.15, -0.1) is 0 Å². The molecule has 0 aromatic heterocycles. The molecule has 0 radical (unpaired) electrons. The van der Waals surface area contributed by atoms with Crippen molar-refractivity contribution >= 4 is 23.6 Å². The topological polar surface area (TPSA) is 124 Å². The Hall–Kier alpha value is -3.50. The summed E-state index contributed by atoms with van der Waals surface area (Å²) >= 11 is 0. The van der Waals surface area contributed by atoms with Crippen LogP contribution in [0.3, 0.4) is 0 Å². The summed E-state index contributed by atoms with van der Waals surface area (Å²) in [5, 5.41) is 26.0. The minimum Gasteiger partial charge on any atom is -0.508 e. The van der Waals surface area contributed by atoms with E-state index in [0.29, 0.717) is 48.7 Å². The van der Waals surface area contributed by atoms with Crippen molar-refractivity contribution in [2.45, 2.75) is 65.8 Å². The van der Waals surface area contributed by atoms with Crippen LogP contribution in [-0.2, 0) is 22.6 Å². The fraction of sp³-hybridized carbons (Fsp3) is 0.500. The predicted molar refractivity (Wildman–Crippen MR) is 149 cm³/mol. The van der Waals surface area contributed by atoms with Gasteiger partial charge in [-0.3, -0.25) is 10.6 Å². The Bertz CT molecular complexity index is 1020. The molecule has 0 aliphatic rings. The van der Waals surface area contributed by atoms with Crippen molar-refractivity contribution < 1.29 is 29.3 Å². The summed E-state index contributed by atoms with van der Waals surface area (Å²) < 4.78 is 10.6. The molecule has 0 aliphatic carbocycles. The van der Waals surface area contributed by atoms with E-state index in [1.807, 2.05) is 23.9 Å². The number of carbonyl (C=O) groups excluding carboxylic acids is 2. The molecule has 2 amide bonds. The Kier molecular flexibility index (Phi) is 10.4. The van der Waals surface area contributed by atoms with Gasteiger partial charge in [-0.1, -0.05) is 0 Å². The van der Waals surface area contributed by atoms with Crippen LogP contribution in [0.15, 0.2) is 36.4 Å². The van der Waals surface area contributed by atoms with E-state index in [9.17, 15) is 19.8 Å². The summed E-state index contributed by atoms with van der Waals surface area (Å²) in [5.41, 5.74) is 1.19. The molecule has 2 aromatic rings. The number of nitrogens with zero attached hydrogens (tertiary/aromatic N) is 2. The Morgan fingerprint density at radius 2 is 1.05 bits per heavy atom. The number of hydrogen-bond acceptors (Lipinski definition) is 8. The highest BCUT2D eigenvalue weighted by Gasteiger charge is 2.18. The number of anilines is 2. The number of hydrogen-bond donors (Lipinski definition) is 4. The second-order valence-corrected chi connectivity index (χ2v) is 11.4. The molecular formula is C28H42N4O6. The van der Waals surface area contributed by atoms with E-state index in [4.69, 9.17) is 9.47 Å². The molecule has 10 nitrogen and oxygen atoms in total. The summed E-state index contributed by atoms with van der Waals surface area (Å²) in [4.78, 5) is 28.2. The van der Waals surface area contributed by atoms with Gasteiger partial charge in [0, 0.05) is 48.7 Å². The highest BCUT2D eigenvalue weighted by molar-refractivity contribution is 5.85. The molecular weight excluding hydrogens is 488 g/mol. The van der Waals surface area contributed by atoms with Crippen molar-refractivity contribution in [3.63, 3.8) is 0 Å². The first-order valence-corrected chi connectivity index (χ1v) is 12.5. The van der Waals surface area contributed by atoms with Crippen LogP contribution in [0.2, 0.25) is 0 Å². The first kappa shape index (κ1) is 30.7. The summed E-state index contributed by atoms with van der Waals surface area (Å²) in [5.74, 6) is 0.276. The molecule has 0 aliphatic heterocycles. The minimum absolute atomic E-state index is 0.138. The van der Waals surface area contributed by atoms with Crippen molar-refractivity contribution in [3.8, 4) is 11.5 Å². The molecule has 0 spiro atoms. The normalized spacial score (nSPS) is 11.9. The number of phenolic OH excluding ortho intramolecular Hbond substituents is 2. The van der Waals surface area contributed by atoms with Crippen LogP contribution in [0, 0.1) is 0 Å². The summed E-state index contributed by atoms with van der Waals surface area (Å²) in [7, 11) is 3.87. The third-order valence-corrected chi connectivity index (χ3v) is 5.19. The quantitative estimate of drug-likeness (QED) is 0.320. The van der Waals surface area contributed by atoms with E-state index in [1.165, 1.54) is 0 Å². The van der Waals surface area contributed by atoms with Crippen molar-refractivity contribution in [2.24, 2.45) is 0 Å². The van der Waals surface area contributed by atoms with Gasteiger partial charge >= 0.3 is 12.2 Å². The van der Waals surface area contributed by atoms with E-state index >= 15 is 0 Å². The van der Waals surface area contributed by atoms with Gasteiger partial charge in [0.1, 0.15) is 22.7 Å². The molecule has 0 bridgehead atoms. The zero-order valence-electron chi connectivity index (χ0n) is 23.7. The Morgan fingerprint density at radius 3 is 1.37 bits per heavy atom. The molecule has 2 rings (SSSR count). The van der Waals surface area contributed by atoms with E-state index in [-0.39, 0.29) is 11.5 Å². The van der Waals surface area contributed by atoms with Crippen molar-refractivity contribution in [1.82, 2.24) is 9.80 Å². The lowest BCUT2D eigenvalue weighted by Gasteiger charge is -2.23. The zero-order valence-corrected chi connectivity index (χ0v) is 23.7. The maximum Gasteiger partial charge on any atom is 0.412 e. The van der Waals surface area contributed by atoms with E-state index < -0.39 is 23.4 Å². The number of likely N-dealkylation sites (N-methyl/N-ethyl adjacent to an activating group) is 2. The number of nitrogens with one attached hydrogen (secondary N) is 2. The molecule has 10 heteroatoms. The summed E-state index contributed by atoms with van der Waals surface area (Å²) in [6.07, 6.45) is -1.12. The largest absolute Gasteiger partial charge is 0.508 e. The van der Waals surface area contributed by atoms with Crippen LogP contribution in [-0.4, -0.2) is 70.6 Å². The van der Waals surface area contributed by atoms with Gasteiger partial charge in [0.15, 0.2) is 0 Å². The van der Waals surface area contributed by atoms with Crippen LogP contribution < -0.4 is 10.6 Å². The maximum atomic E-state index is 12.1. The fourth-order valence-electron chi connectivity index (χ4n) is 3.50. The van der Waals surface area contributed by atoms with Gasteiger partial charge in [-0.05, 0) is 92.0 Å².